The fourth-order valence-electron chi connectivity index (χ4n) is 2.90. The van der Waals surface area contributed by atoms with Crippen LogP contribution in [0.2, 0.25) is 0 Å². The van der Waals surface area contributed by atoms with E-state index in [1.54, 1.807) is 0 Å². The van der Waals surface area contributed by atoms with Crippen molar-refractivity contribution in [1.82, 2.24) is 9.55 Å². The summed E-state index contributed by atoms with van der Waals surface area (Å²) in [6, 6.07) is 8.19. The Hall–Kier alpha value is -1.81. The third kappa shape index (κ3) is 2.95. The SMILES string of the molecule is CCCOc1ccc(-c2cn3c(n2)C(N)CC(C)C3)cc1. The van der Waals surface area contributed by atoms with E-state index in [0.717, 1.165) is 48.8 Å². The van der Waals surface area contributed by atoms with E-state index < -0.39 is 0 Å². The molecule has 0 amide bonds. The third-order valence-corrected chi connectivity index (χ3v) is 3.93. The Bertz CT molecular complexity index is 603. The van der Waals surface area contributed by atoms with Crippen LogP contribution < -0.4 is 10.5 Å². The van der Waals surface area contributed by atoms with Gasteiger partial charge in [0.25, 0.3) is 0 Å². The zero-order valence-corrected chi connectivity index (χ0v) is 12.7. The molecule has 21 heavy (non-hydrogen) atoms. The molecule has 2 N–H and O–H groups in total. The van der Waals surface area contributed by atoms with Crippen LogP contribution in [-0.2, 0) is 6.54 Å². The predicted molar refractivity (Wildman–Crippen MR) is 84.2 cm³/mol. The van der Waals surface area contributed by atoms with E-state index in [-0.39, 0.29) is 6.04 Å². The fourth-order valence-corrected chi connectivity index (χ4v) is 2.90. The van der Waals surface area contributed by atoms with Crippen LogP contribution in [0.25, 0.3) is 11.3 Å². The van der Waals surface area contributed by atoms with Gasteiger partial charge in [0.2, 0.25) is 0 Å². The Balaban J connectivity index is 1.83. The van der Waals surface area contributed by atoms with Gasteiger partial charge in [-0.15, -0.1) is 0 Å². The third-order valence-electron chi connectivity index (χ3n) is 3.93. The first-order chi connectivity index (χ1) is 10.2. The standard InChI is InChI=1S/C17H23N3O/c1-3-8-21-14-6-4-13(5-7-14)16-11-20-10-12(2)9-15(18)17(20)19-16/h4-7,11-12,15H,3,8-10,18H2,1-2H3. The first-order valence-electron chi connectivity index (χ1n) is 7.73. The maximum absolute atomic E-state index is 6.20. The maximum atomic E-state index is 6.20. The summed E-state index contributed by atoms with van der Waals surface area (Å²) in [5.41, 5.74) is 8.31. The van der Waals surface area contributed by atoms with Crippen molar-refractivity contribution in [2.45, 2.75) is 39.3 Å². The van der Waals surface area contributed by atoms with Gasteiger partial charge in [0.15, 0.2) is 0 Å². The highest BCUT2D eigenvalue weighted by Crippen LogP contribution is 2.30. The summed E-state index contributed by atoms with van der Waals surface area (Å²) in [6.07, 6.45) is 4.15. The van der Waals surface area contributed by atoms with Gasteiger partial charge >= 0.3 is 0 Å². The van der Waals surface area contributed by atoms with Gasteiger partial charge in [-0.3, -0.25) is 0 Å². The maximum Gasteiger partial charge on any atom is 0.126 e. The first-order valence-corrected chi connectivity index (χ1v) is 7.73. The Kier molecular flexibility index (Phi) is 3.97. The monoisotopic (exact) mass is 285 g/mol. The van der Waals surface area contributed by atoms with Crippen LogP contribution in [-0.4, -0.2) is 16.2 Å². The molecule has 1 aromatic carbocycles. The summed E-state index contributed by atoms with van der Waals surface area (Å²) >= 11 is 0. The van der Waals surface area contributed by atoms with Crippen molar-refractivity contribution in [3.05, 3.63) is 36.3 Å². The molecular weight excluding hydrogens is 262 g/mol. The Morgan fingerprint density at radius 1 is 1.33 bits per heavy atom. The van der Waals surface area contributed by atoms with Gasteiger partial charge in [-0.2, -0.15) is 0 Å². The predicted octanol–water partition coefficient (Wildman–Crippen LogP) is 3.38. The summed E-state index contributed by atoms with van der Waals surface area (Å²) in [4.78, 5) is 4.73. The number of nitrogens with two attached hydrogens (primary N) is 1. The zero-order valence-electron chi connectivity index (χ0n) is 12.7. The number of nitrogens with zero attached hydrogens (tertiary/aromatic N) is 2. The lowest BCUT2D eigenvalue weighted by molar-refractivity contribution is 0.317. The molecule has 2 atom stereocenters. The molecule has 3 rings (SSSR count). The molecule has 1 aliphatic rings. The molecule has 112 valence electrons. The highest BCUT2D eigenvalue weighted by molar-refractivity contribution is 5.60. The molecule has 0 fully saturated rings. The average Bonchev–Trinajstić information content (AvgIpc) is 2.90. The second kappa shape index (κ2) is 5.90. The quantitative estimate of drug-likeness (QED) is 0.937. The summed E-state index contributed by atoms with van der Waals surface area (Å²) < 4.78 is 7.82. The lowest BCUT2D eigenvalue weighted by Crippen LogP contribution is -2.26. The van der Waals surface area contributed by atoms with Crippen molar-refractivity contribution in [3.8, 4) is 17.0 Å². The lowest BCUT2D eigenvalue weighted by Gasteiger charge is -2.25. The first kappa shape index (κ1) is 14.1. The topological polar surface area (TPSA) is 53.1 Å². The van der Waals surface area contributed by atoms with Crippen LogP contribution in [0.15, 0.2) is 30.5 Å². The number of hydrogen-bond acceptors (Lipinski definition) is 3. The van der Waals surface area contributed by atoms with Crippen molar-refractivity contribution in [1.29, 1.82) is 0 Å². The van der Waals surface area contributed by atoms with Gasteiger partial charge in [0, 0.05) is 18.3 Å². The van der Waals surface area contributed by atoms with Gasteiger partial charge in [-0.25, -0.2) is 4.98 Å². The van der Waals surface area contributed by atoms with Crippen LogP contribution in [0, 0.1) is 5.92 Å². The number of aromatic nitrogens is 2. The van der Waals surface area contributed by atoms with Crippen molar-refractivity contribution in [2.24, 2.45) is 11.7 Å². The molecule has 1 aliphatic heterocycles. The van der Waals surface area contributed by atoms with E-state index in [1.807, 2.05) is 12.1 Å². The highest BCUT2D eigenvalue weighted by atomic mass is 16.5. The van der Waals surface area contributed by atoms with Gasteiger partial charge in [0.1, 0.15) is 11.6 Å². The molecule has 4 nitrogen and oxygen atoms in total. The minimum absolute atomic E-state index is 0.0506. The van der Waals surface area contributed by atoms with E-state index in [9.17, 15) is 0 Å². The van der Waals surface area contributed by atoms with Crippen LogP contribution in [0.4, 0.5) is 0 Å². The van der Waals surface area contributed by atoms with Crippen molar-refractivity contribution >= 4 is 0 Å². The molecular formula is C17H23N3O. The largest absolute Gasteiger partial charge is 0.494 e. The molecule has 0 saturated heterocycles. The van der Waals surface area contributed by atoms with Gasteiger partial charge < -0.3 is 15.0 Å². The lowest BCUT2D eigenvalue weighted by atomic mass is 9.98. The van der Waals surface area contributed by atoms with Crippen molar-refractivity contribution < 1.29 is 4.74 Å². The van der Waals surface area contributed by atoms with E-state index in [1.165, 1.54) is 0 Å². The molecule has 4 heteroatoms. The normalized spacial score (nSPS) is 21.1. The summed E-state index contributed by atoms with van der Waals surface area (Å²) in [5, 5.41) is 0. The number of hydrogen-bond donors (Lipinski definition) is 1. The second-order valence-corrected chi connectivity index (χ2v) is 5.96. The number of rotatable bonds is 4. The smallest absolute Gasteiger partial charge is 0.126 e. The van der Waals surface area contributed by atoms with E-state index in [4.69, 9.17) is 15.5 Å². The fraction of sp³-hybridized carbons (Fsp3) is 0.471. The number of imidazole rings is 1. The average molecular weight is 285 g/mol. The summed E-state index contributed by atoms with van der Waals surface area (Å²) in [6.45, 7) is 6.11. The molecule has 2 unspecified atom stereocenters. The highest BCUT2D eigenvalue weighted by Gasteiger charge is 2.24. The van der Waals surface area contributed by atoms with Gasteiger partial charge in [-0.1, -0.05) is 13.8 Å². The molecule has 0 spiro atoms. The minimum atomic E-state index is 0.0506. The van der Waals surface area contributed by atoms with Gasteiger partial charge in [0.05, 0.1) is 18.3 Å². The Labute approximate surface area is 125 Å². The molecule has 0 saturated carbocycles. The second-order valence-electron chi connectivity index (χ2n) is 5.96. The van der Waals surface area contributed by atoms with Gasteiger partial charge in [-0.05, 0) is 43.0 Å². The molecule has 1 aromatic heterocycles. The summed E-state index contributed by atoms with van der Waals surface area (Å²) in [5.74, 6) is 2.53. The molecule has 0 radical (unpaired) electrons. The van der Waals surface area contributed by atoms with Crippen molar-refractivity contribution in [3.63, 3.8) is 0 Å². The number of fused-ring (bicyclic) bond motifs is 1. The molecule has 2 heterocycles. The molecule has 0 aliphatic carbocycles. The van der Waals surface area contributed by atoms with E-state index in [0.29, 0.717) is 5.92 Å². The number of ether oxygens (including phenoxy) is 1. The van der Waals surface area contributed by atoms with Crippen LogP contribution in [0.1, 0.15) is 38.6 Å². The summed E-state index contributed by atoms with van der Waals surface area (Å²) in [7, 11) is 0. The minimum Gasteiger partial charge on any atom is -0.494 e. The van der Waals surface area contributed by atoms with Crippen molar-refractivity contribution in [2.75, 3.05) is 6.61 Å². The Morgan fingerprint density at radius 2 is 2.10 bits per heavy atom. The van der Waals surface area contributed by atoms with Crippen LogP contribution in [0.5, 0.6) is 5.75 Å². The number of benzene rings is 1. The zero-order chi connectivity index (χ0) is 14.8. The Morgan fingerprint density at radius 3 is 2.81 bits per heavy atom. The van der Waals surface area contributed by atoms with E-state index >= 15 is 0 Å². The molecule has 2 aromatic rings. The van der Waals surface area contributed by atoms with Crippen LogP contribution >= 0.6 is 0 Å². The van der Waals surface area contributed by atoms with E-state index in [2.05, 4.69) is 36.7 Å². The molecule has 0 bridgehead atoms. The van der Waals surface area contributed by atoms with Crippen LogP contribution in [0.3, 0.4) is 0 Å².